The van der Waals surface area contributed by atoms with Gasteiger partial charge in [-0.1, -0.05) is 6.92 Å². The Hall–Kier alpha value is -0.430. The molecule has 1 saturated carbocycles. The molecule has 1 aromatic rings. The predicted octanol–water partition coefficient (Wildman–Crippen LogP) is 4.26. The molecule has 0 radical (unpaired) electrons. The molecule has 1 aliphatic carbocycles. The van der Waals surface area contributed by atoms with Gasteiger partial charge in [0.05, 0.1) is 9.26 Å². The highest BCUT2D eigenvalue weighted by Gasteiger charge is 2.39. The van der Waals surface area contributed by atoms with Crippen LogP contribution < -0.4 is 5.32 Å². The predicted molar refractivity (Wildman–Crippen MR) is 94.6 cm³/mol. The molecule has 118 valence electrons. The van der Waals surface area contributed by atoms with Crippen molar-refractivity contribution in [2.24, 2.45) is 5.92 Å². The number of rotatable bonds is 5. The van der Waals surface area contributed by atoms with Gasteiger partial charge in [0.2, 0.25) is 0 Å². The van der Waals surface area contributed by atoms with Gasteiger partial charge in [-0.2, -0.15) is 0 Å². The van der Waals surface area contributed by atoms with Crippen molar-refractivity contribution in [1.29, 1.82) is 0 Å². The molecule has 0 atom stereocenters. The topological polar surface area (TPSA) is 47.0 Å². The van der Waals surface area contributed by atoms with Crippen LogP contribution in [0.3, 0.4) is 0 Å². The summed E-state index contributed by atoms with van der Waals surface area (Å²) in [6.45, 7) is 10.1. The van der Waals surface area contributed by atoms with E-state index < -0.39 is 0 Å². The fourth-order valence-corrected chi connectivity index (χ4v) is 3.42. The molecular weight excluding hydrogens is 377 g/mol. The largest absolute Gasteiger partial charge is 0.369 e. The van der Waals surface area contributed by atoms with E-state index in [1.807, 2.05) is 0 Å². The summed E-state index contributed by atoms with van der Waals surface area (Å²) in [7, 11) is 0. The summed E-state index contributed by atoms with van der Waals surface area (Å²) in [6, 6.07) is 0. The van der Waals surface area contributed by atoms with Crippen LogP contribution in [0.5, 0.6) is 0 Å². The van der Waals surface area contributed by atoms with Gasteiger partial charge in [-0.05, 0) is 75.0 Å². The lowest BCUT2D eigenvalue weighted by Gasteiger charge is -2.38. The van der Waals surface area contributed by atoms with E-state index in [9.17, 15) is 0 Å². The van der Waals surface area contributed by atoms with Gasteiger partial charge in [0.25, 0.3) is 0 Å². The molecule has 5 heteroatoms. The van der Waals surface area contributed by atoms with E-state index in [-0.39, 0.29) is 5.60 Å². The molecule has 1 aliphatic rings. The molecule has 0 aromatic carbocycles. The molecule has 0 saturated heterocycles. The number of nitrogens with zero attached hydrogens (tertiary/aromatic N) is 2. The lowest BCUT2D eigenvalue weighted by Crippen LogP contribution is -2.36. The summed E-state index contributed by atoms with van der Waals surface area (Å²) < 4.78 is 7.28. The van der Waals surface area contributed by atoms with Crippen molar-refractivity contribution >= 4 is 28.4 Å². The van der Waals surface area contributed by atoms with Crippen LogP contribution in [-0.2, 0) is 10.3 Å². The number of hydrogen-bond acceptors (Lipinski definition) is 4. The number of aromatic nitrogens is 2. The molecule has 0 aliphatic heterocycles. The Bertz CT molecular complexity index is 485. The molecule has 1 fully saturated rings. The zero-order valence-corrected chi connectivity index (χ0v) is 15.7. The van der Waals surface area contributed by atoms with Crippen LogP contribution in [0, 0.1) is 16.4 Å². The van der Waals surface area contributed by atoms with Crippen LogP contribution >= 0.6 is 22.6 Å². The van der Waals surface area contributed by atoms with E-state index in [2.05, 4.69) is 55.6 Å². The summed E-state index contributed by atoms with van der Waals surface area (Å²) in [4.78, 5) is 9.58. The van der Waals surface area contributed by atoms with Gasteiger partial charge in [-0.3, -0.25) is 0 Å². The Morgan fingerprint density at radius 1 is 1.29 bits per heavy atom. The minimum Gasteiger partial charge on any atom is -0.369 e. The molecule has 1 heterocycles. The van der Waals surface area contributed by atoms with Crippen molar-refractivity contribution in [2.75, 3.05) is 18.5 Å². The molecule has 4 nitrogen and oxygen atoms in total. The maximum absolute atomic E-state index is 6.18. The van der Waals surface area contributed by atoms with E-state index in [0.717, 1.165) is 46.2 Å². The number of anilines is 1. The van der Waals surface area contributed by atoms with Crippen molar-refractivity contribution in [2.45, 2.75) is 59.0 Å². The van der Waals surface area contributed by atoms with Crippen LogP contribution in [0.25, 0.3) is 0 Å². The summed E-state index contributed by atoms with van der Waals surface area (Å²) in [6.07, 6.45) is 4.41. The minimum atomic E-state index is -0.291. The van der Waals surface area contributed by atoms with Crippen molar-refractivity contribution < 1.29 is 4.74 Å². The highest BCUT2D eigenvalue weighted by molar-refractivity contribution is 14.1. The summed E-state index contributed by atoms with van der Waals surface area (Å²) in [5.41, 5.74) is 0.745. The summed E-state index contributed by atoms with van der Waals surface area (Å²) >= 11 is 2.32. The number of ether oxygens (including phenoxy) is 1. The first-order chi connectivity index (χ1) is 10.0. The zero-order valence-electron chi connectivity index (χ0n) is 13.5. The maximum atomic E-state index is 6.18. The lowest BCUT2D eigenvalue weighted by atomic mass is 9.78. The van der Waals surface area contributed by atoms with Crippen molar-refractivity contribution in [1.82, 2.24) is 9.97 Å². The Balaban J connectivity index is 2.40. The van der Waals surface area contributed by atoms with Gasteiger partial charge in [0, 0.05) is 13.2 Å². The lowest BCUT2D eigenvalue weighted by molar-refractivity contribution is -0.0837. The Morgan fingerprint density at radius 2 is 1.95 bits per heavy atom. The average molecular weight is 403 g/mol. The van der Waals surface area contributed by atoms with Crippen LogP contribution in [-0.4, -0.2) is 23.1 Å². The Labute approximate surface area is 141 Å². The van der Waals surface area contributed by atoms with Gasteiger partial charge in [0.1, 0.15) is 11.4 Å². The van der Waals surface area contributed by atoms with E-state index >= 15 is 0 Å². The van der Waals surface area contributed by atoms with Crippen molar-refractivity contribution in [3.8, 4) is 0 Å². The second-order valence-corrected chi connectivity index (χ2v) is 7.01. The quantitative estimate of drug-likeness (QED) is 0.747. The number of halogens is 1. The number of aryl methyl sites for hydroxylation is 1. The number of hydrogen-bond donors (Lipinski definition) is 1. The van der Waals surface area contributed by atoms with Gasteiger partial charge in [-0.25, -0.2) is 9.97 Å². The molecule has 0 amide bonds. The molecular formula is C16H26IN3O. The second kappa shape index (κ2) is 7.22. The van der Waals surface area contributed by atoms with Crippen LogP contribution in [0.2, 0.25) is 0 Å². The minimum absolute atomic E-state index is 0.291. The number of nitrogens with one attached hydrogen (secondary N) is 1. The normalized spacial score (nSPS) is 25.9. The summed E-state index contributed by atoms with van der Waals surface area (Å²) in [5, 5.41) is 3.35. The zero-order chi connectivity index (χ0) is 15.5. The van der Waals surface area contributed by atoms with Gasteiger partial charge in [0.15, 0.2) is 5.82 Å². The molecule has 2 rings (SSSR count). The van der Waals surface area contributed by atoms with Gasteiger partial charge >= 0.3 is 0 Å². The third-order valence-corrected chi connectivity index (χ3v) is 5.56. The molecule has 21 heavy (non-hydrogen) atoms. The van der Waals surface area contributed by atoms with E-state index in [1.165, 1.54) is 12.8 Å². The van der Waals surface area contributed by atoms with Crippen molar-refractivity contribution in [3.05, 3.63) is 15.1 Å². The van der Waals surface area contributed by atoms with Crippen LogP contribution in [0.4, 0.5) is 5.82 Å². The third-order valence-electron chi connectivity index (χ3n) is 4.27. The highest BCUT2D eigenvalue weighted by atomic mass is 127. The first-order valence-electron chi connectivity index (χ1n) is 7.94. The van der Waals surface area contributed by atoms with E-state index in [1.54, 1.807) is 0 Å². The smallest absolute Gasteiger partial charge is 0.162 e. The Morgan fingerprint density at radius 3 is 2.52 bits per heavy atom. The first kappa shape index (κ1) is 16.9. The molecule has 1 N–H and O–H groups in total. The molecule has 0 spiro atoms. The highest BCUT2D eigenvalue weighted by Crippen LogP contribution is 2.41. The van der Waals surface area contributed by atoms with Crippen molar-refractivity contribution in [3.63, 3.8) is 0 Å². The maximum Gasteiger partial charge on any atom is 0.162 e. The average Bonchev–Trinajstić information content (AvgIpc) is 2.47. The van der Waals surface area contributed by atoms with Gasteiger partial charge < -0.3 is 10.1 Å². The standard InChI is InChI=1S/C16H26IN3O/c1-5-18-14-13(17)12(4)19-15(20-14)16(21-6-2)9-7-11(3)8-10-16/h11H,5-10H2,1-4H3,(H,18,19,20). The monoisotopic (exact) mass is 403 g/mol. The Kier molecular flexibility index (Phi) is 5.82. The molecule has 0 unspecified atom stereocenters. The second-order valence-electron chi connectivity index (χ2n) is 5.94. The fourth-order valence-electron chi connectivity index (χ4n) is 2.98. The summed E-state index contributed by atoms with van der Waals surface area (Å²) in [5.74, 6) is 2.58. The van der Waals surface area contributed by atoms with E-state index in [0.29, 0.717) is 6.61 Å². The first-order valence-corrected chi connectivity index (χ1v) is 9.02. The molecule has 1 aromatic heterocycles. The van der Waals surface area contributed by atoms with Crippen LogP contribution in [0.1, 0.15) is 58.0 Å². The SMILES string of the molecule is CCNc1nc(C2(OCC)CCC(C)CC2)nc(C)c1I. The van der Waals surface area contributed by atoms with E-state index in [4.69, 9.17) is 14.7 Å². The van der Waals surface area contributed by atoms with Gasteiger partial charge in [-0.15, -0.1) is 0 Å². The fraction of sp³-hybridized carbons (Fsp3) is 0.750. The third kappa shape index (κ3) is 3.67. The molecule has 0 bridgehead atoms. The van der Waals surface area contributed by atoms with Crippen LogP contribution in [0.15, 0.2) is 0 Å².